The number of nitrogens with one attached hydrogen (secondary N) is 1. The first kappa shape index (κ1) is 22.2. The van der Waals surface area contributed by atoms with E-state index in [0.29, 0.717) is 0 Å². The maximum atomic E-state index is 9.21. The molecule has 0 saturated carbocycles. The maximum absolute atomic E-state index is 9.21. The Hall–Kier alpha value is 2.02. The molecule has 0 aliphatic rings. The van der Waals surface area contributed by atoms with Gasteiger partial charge in [-0.1, -0.05) is 0 Å². The standard InChI is InChI=1S/C7H17NO5.Ca.Na.3H/c1-8-2-4(10)6(12)7(13)5(11)3-9;;;;;/h4-13H,2-3H2,1H3;;;;;/t4-,5+,6+,7+;;;;;/m0...../s1. The van der Waals surface area contributed by atoms with Crippen LogP contribution in [0.4, 0.5) is 0 Å². The Balaban J connectivity index is -0.000000720. The summed E-state index contributed by atoms with van der Waals surface area (Å²) in [6.45, 7) is -0.569. The van der Waals surface area contributed by atoms with Crippen LogP contribution in [0.5, 0.6) is 0 Å². The summed E-state index contributed by atoms with van der Waals surface area (Å²) in [5, 5.41) is 47.5. The number of likely N-dealkylation sites (N-methyl/N-ethyl adjacent to an activating group) is 1. The Bertz CT molecular complexity index is 145. The van der Waals surface area contributed by atoms with E-state index in [1.165, 1.54) is 0 Å². The van der Waals surface area contributed by atoms with Crippen molar-refractivity contribution < 1.29 is 25.5 Å². The molecule has 0 aromatic carbocycles. The second-order valence-corrected chi connectivity index (χ2v) is 2.86. The Morgan fingerprint density at radius 3 is 1.73 bits per heavy atom. The van der Waals surface area contributed by atoms with E-state index >= 15 is 0 Å². The Labute approximate surface area is 141 Å². The molecule has 0 spiro atoms. The van der Waals surface area contributed by atoms with Gasteiger partial charge in [0.25, 0.3) is 0 Å². The van der Waals surface area contributed by atoms with E-state index in [1.807, 2.05) is 0 Å². The molecule has 6 nitrogen and oxygen atoms in total. The number of rotatable bonds is 6. The van der Waals surface area contributed by atoms with Crippen molar-refractivity contribution in [2.75, 3.05) is 20.2 Å². The molecular formula is C7H20CaNNaO5. The molecular weight excluding hydrogens is 241 g/mol. The van der Waals surface area contributed by atoms with E-state index in [1.54, 1.807) is 7.05 Å². The van der Waals surface area contributed by atoms with E-state index in [9.17, 15) is 5.11 Å². The fraction of sp³-hybridized carbons (Fsp3) is 1.00. The van der Waals surface area contributed by atoms with Crippen molar-refractivity contribution in [2.24, 2.45) is 0 Å². The van der Waals surface area contributed by atoms with Crippen LogP contribution >= 0.6 is 0 Å². The second kappa shape index (κ2) is 12.5. The van der Waals surface area contributed by atoms with Gasteiger partial charge in [-0.25, -0.2) is 0 Å². The zero-order chi connectivity index (χ0) is 10.4. The molecule has 86 valence electrons. The van der Waals surface area contributed by atoms with Crippen molar-refractivity contribution >= 4 is 67.3 Å². The van der Waals surface area contributed by atoms with Gasteiger partial charge in [-0.05, 0) is 7.05 Å². The van der Waals surface area contributed by atoms with Gasteiger partial charge < -0.3 is 30.8 Å². The first-order chi connectivity index (χ1) is 6.04. The molecule has 0 bridgehead atoms. The average molecular weight is 261 g/mol. The summed E-state index contributed by atoms with van der Waals surface area (Å²) in [4.78, 5) is 0. The topological polar surface area (TPSA) is 113 Å². The summed E-state index contributed by atoms with van der Waals surface area (Å²) in [7, 11) is 1.57. The van der Waals surface area contributed by atoms with Gasteiger partial charge >= 0.3 is 67.3 Å². The van der Waals surface area contributed by atoms with Crippen molar-refractivity contribution in [3.63, 3.8) is 0 Å². The van der Waals surface area contributed by atoms with Crippen LogP contribution in [0.3, 0.4) is 0 Å². The predicted octanol–water partition coefficient (Wildman–Crippen LogP) is -4.92. The predicted molar refractivity (Wildman–Crippen MR) is 60.7 cm³/mol. The van der Waals surface area contributed by atoms with Gasteiger partial charge in [-0.2, -0.15) is 0 Å². The van der Waals surface area contributed by atoms with E-state index in [2.05, 4.69) is 5.32 Å². The Morgan fingerprint density at radius 1 is 1.00 bits per heavy atom. The molecule has 15 heavy (non-hydrogen) atoms. The molecule has 6 N–H and O–H groups in total. The minimum absolute atomic E-state index is 0. The fourth-order valence-electron chi connectivity index (χ4n) is 0.893. The summed E-state index contributed by atoms with van der Waals surface area (Å²) < 4.78 is 0. The minimum atomic E-state index is -1.55. The molecule has 0 amide bonds. The number of aliphatic hydroxyl groups excluding tert-OH is 5. The molecule has 0 aliphatic heterocycles. The molecule has 8 heteroatoms. The third-order valence-corrected chi connectivity index (χ3v) is 1.74. The molecule has 0 aliphatic carbocycles. The third kappa shape index (κ3) is 8.70. The van der Waals surface area contributed by atoms with Crippen LogP contribution in [-0.2, 0) is 0 Å². The van der Waals surface area contributed by atoms with Crippen LogP contribution in [0, 0.1) is 0 Å². The van der Waals surface area contributed by atoms with Crippen LogP contribution in [0.15, 0.2) is 0 Å². The van der Waals surface area contributed by atoms with Crippen molar-refractivity contribution in [3.8, 4) is 0 Å². The molecule has 0 rings (SSSR count). The fourth-order valence-corrected chi connectivity index (χ4v) is 0.893. The summed E-state index contributed by atoms with van der Waals surface area (Å²) in [6.07, 6.45) is -5.65. The molecule has 0 fully saturated rings. The first-order valence-electron chi connectivity index (χ1n) is 4.02. The average Bonchev–Trinajstić information content (AvgIpc) is 2.14. The second-order valence-electron chi connectivity index (χ2n) is 2.86. The number of aliphatic hydroxyl groups is 5. The van der Waals surface area contributed by atoms with E-state index in [0.717, 1.165) is 0 Å². The molecule has 0 radical (unpaired) electrons. The molecule has 0 aromatic heterocycles. The SMILES string of the molecule is CNC[C@H](O)[C@@H](O)[C@H](O)[C@H](O)CO.[CaH2].[NaH]. The monoisotopic (exact) mass is 261 g/mol. The summed E-state index contributed by atoms with van der Waals surface area (Å²) in [5.74, 6) is 0. The van der Waals surface area contributed by atoms with Gasteiger partial charge in [-0.3, -0.25) is 0 Å². The molecule has 0 heterocycles. The Kier molecular flexibility index (Phi) is 18.5. The number of hydrogen-bond donors (Lipinski definition) is 6. The van der Waals surface area contributed by atoms with Crippen LogP contribution in [0.1, 0.15) is 0 Å². The zero-order valence-corrected chi connectivity index (χ0v) is 7.46. The van der Waals surface area contributed by atoms with Gasteiger partial charge in [0.15, 0.2) is 0 Å². The third-order valence-electron chi connectivity index (χ3n) is 1.74. The van der Waals surface area contributed by atoms with Crippen molar-refractivity contribution in [1.82, 2.24) is 5.32 Å². The molecule has 0 saturated heterocycles. The van der Waals surface area contributed by atoms with Crippen molar-refractivity contribution in [1.29, 1.82) is 0 Å². The normalized spacial score (nSPS) is 18.0. The van der Waals surface area contributed by atoms with Crippen LogP contribution < -0.4 is 5.32 Å². The van der Waals surface area contributed by atoms with Gasteiger partial charge in [0.1, 0.15) is 18.3 Å². The van der Waals surface area contributed by atoms with Crippen molar-refractivity contribution in [2.45, 2.75) is 24.4 Å². The van der Waals surface area contributed by atoms with Gasteiger partial charge in [0, 0.05) is 6.54 Å². The van der Waals surface area contributed by atoms with E-state index in [4.69, 9.17) is 20.4 Å². The summed E-state index contributed by atoms with van der Waals surface area (Å²) in [5.41, 5.74) is 0. The van der Waals surface area contributed by atoms with Crippen LogP contribution in [0.25, 0.3) is 0 Å². The van der Waals surface area contributed by atoms with Crippen LogP contribution in [0.2, 0.25) is 0 Å². The van der Waals surface area contributed by atoms with Gasteiger partial charge in [-0.15, -0.1) is 0 Å². The van der Waals surface area contributed by atoms with Crippen molar-refractivity contribution in [3.05, 3.63) is 0 Å². The van der Waals surface area contributed by atoms with Gasteiger partial charge in [0.2, 0.25) is 0 Å². The van der Waals surface area contributed by atoms with Crippen LogP contribution in [-0.4, -0.2) is 137 Å². The molecule has 4 atom stereocenters. The zero-order valence-electron chi connectivity index (χ0n) is 7.46. The first-order valence-corrected chi connectivity index (χ1v) is 4.02. The van der Waals surface area contributed by atoms with E-state index < -0.39 is 31.0 Å². The van der Waals surface area contributed by atoms with E-state index in [-0.39, 0.29) is 73.8 Å². The molecule has 0 unspecified atom stereocenters. The Morgan fingerprint density at radius 2 is 1.40 bits per heavy atom. The summed E-state index contributed by atoms with van der Waals surface area (Å²) in [6, 6.07) is 0. The number of hydrogen-bond acceptors (Lipinski definition) is 6. The summed E-state index contributed by atoms with van der Waals surface area (Å²) >= 11 is 0. The molecule has 0 aromatic rings. The quantitative estimate of drug-likeness (QED) is 0.267. The van der Waals surface area contributed by atoms with Gasteiger partial charge in [0.05, 0.1) is 12.7 Å².